The quantitative estimate of drug-likeness (QED) is 0.594. The van der Waals surface area contributed by atoms with Crippen molar-refractivity contribution in [2.24, 2.45) is 0 Å². The molecule has 2 N–H and O–H groups in total. The van der Waals surface area contributed by atoms with Crippen LogP contribution in [0.2, 0.25) is 0 Å². The molecule has 0 aliphatic carbocycles. The van der Waals surface area contributed by atoms with E-state index in [9.17, 15) is 4.79 Å². The van der Waals surface area contributed by atoms with Crippen LogP contribution in [0.15, 0.2) is 10.9 Å². The number of nitrogens with one attached hydrogen (secondary N) is 2. The SMILES string of the molecule is N#CCCNC(=O)CNCc1ncon1. The molecule has 1 aromatic rings. The average molecular weight is 209 g/mol. The molecule has 1 amide bonds. The van der Waals surface area contributed by atoms with Crippen molar-refractivity contribution in [1.29, 1.82) is 5.26 Å². The highest BCUT2D eigenvalue weighted by Crippen LogP contribution is 1.85. The molecule has 7 heteroatoms. The third-order valence-corrected chi connectivity index (χ3v) is 1.53. The Bertz CT molecular complexity index is 329. The Morgan fingerprint density at radius 2 is 2.53 bits per heavy atom. The Morgan fingerprint density at radius 3 is 3.20 bits per heavy atom. The Balaban J connectivity index is 2.05. The van der Waals surface area contributed by atoms with Gasteiger partial charge in [0.15, 0.2) is 5.82 Å². The topological polar surface area (TPSA) is 104 Å². The van der Waals surface area contributed by atoms with E-state index in [1.54, 1.807) is 0 Å². The number of carbonyl (C=O) groups is 1. The number of carbonyl (C=O) groups excluding carboxylic acids is 1. The van der Waals surface area contributed by atoms with E-state index < -0.39 is 0 Å². The van der Waals surface area contributed by atoms with Crippen LogP contribution in [0.1, 0.15) is 12.2 Å². The van der Waals surface area contributed by atoms with Crippen LogP contribution >= 0.6 is 0 Å². The van der Waals surface area contributed by atoms with Gasteiger partial charge in [0.1, 0.15) is 0 Å². The second kappa shape index (κ2) is 6.50. The highest BCUT2D eigenvalue weighted by Gasteiger charge is 2.01. The van der Waals surface area contributed by atoms with Gasteiger partial charge >= 0.3 is 0 Å². The predicted octanol–water partition coefficient (Wildman–Crippen LogP) is -0.811. The number of amides is 1. The molecule has 0 radical (unpaired) electrons. The van der Waals surface area contributed by atoms with E-state index in [-0.39, 0.29) is 12.5 Å². The predicted molar refractivity (Wildman–Crippen MR) is 49.2 cm³/mol. The first-order chi connectivity index (χ1) is 7.33. The van der Waals surface area contributed by atoms with Gasteiger partial charge in [0.25, 0.3) is 0 Å². The van der Waals surface area contributed by atoms with Gasteiger partial charge in [0.05, 0.1) is 25.6 Å². The monoisotopic (exact) mass is 209 g/mol. The second-order valence-corrected chi connectivity index (χ2v) is 2.71. The fourth-order valence-electron chi connectivity index (χ4n) is 0.878. The third kappa shape index (κ3) is 4.73. The molecular weight excluding hydrogens is 198 g/mol. The number of aromatic nitrogens is 2. The van der Waals surface area contributed by atoms with Crippen molar-refractivity contribution in [3.8, 4) is 6.07 Å². The largest absolute Gasteiger partial charge is 0.354 e. The lowest BCUT2D eigenvalue weighted by Crippen LogP contribution is -2.34. The Hall–Kier alpha value is -1.94. The summed E-state index contributed by atoms with van der Waals surface area (Å²) in [5.74, 6) is 0.341. The summed E-state index contributed by atoms with van der Waals surface area (Å²) in [5.41, 5.74) is 0. The molecule has 7 nitrogen and oxygen atoms in total. The van der Waals surface area contributed by atoms with Gasteiger partial charge in [-0.25, -0.2) is 0 Å². The van der Waals surface area contributed by atoms with Crippen molar-refractivity contribution < 1.29 is 9.32 Å². The van der Waals surface area contributed by atoms with Crippen molar-refractivity contribution in [3.05, 3.63) is 12.2 Å². The van der Waals surface area contributed by atoms with Crippen molar-refractivity contribution in [3.63, 3.8) is 0 Å². The molecule has 1 heterocycles. The number of hydrogen-bond acceptors (Lipinski definition) is 6. The van der Waals surface area contributed by atoms with Gasteiger partial charge < -0.3 is 15.2 Å². The summed E-state index contributed by atoms with van der Waals surface area (Å²) in [4.78, 5) is 14.9. The molecule has 0 bridgehead atoms. The lowest BCUT2D eigenvalue weighted by Gasteiger charge is -2.02. The maximum atomic E-state index is 11.1. The van der Waals surface area contributed by atoms with Crippen LogP contribution in [-0.4, -0.2) is 29.1 Å². The summed E-state index contributed by atoms with van der Waals surface area (Å²) >= 11 is 0. The van der Waals surface area contributed by atoms with Crippen LogP contribution in [0.5, 0.6) is 0 Å². The van der Waals surface area contributed by atoms with E-state index in [0.717, 1.165) is 0 Å². The molecule has 1 aromatic heterocycles. The molecule has 0 fully saturated rings. The van der Waals surface area contributed by atoms with E-state index in [2.05, 4.69) is 25.3 Å². The zero-order valence-corrected chi connectivity index (χ0v) is 8.06. The van der Waals surface area contributed by atoms with Gasteiger partial charge in [-0.3, -0.25) is 4.79 Å². The lowest BCUT2D eigenvalue weighted by atomic mass is 10.4. The number of hydrogen-bond donors (Lipinski definition) is 2. The number of nitrogens with zero attached hydrogens (tertiary/aromatic N) is 3. The zero-order valence-electron chi connectivity index (χ0n) is 8.06. The van der Waals surface area contributed by atoms with Crippen molar-refractivity contribution in [2.75, 3.05) is 13.1 Å². The fourth-order valence-corrected chi connectivity index (χ4v) is 0.878. The van der Waals surface area contributed by atoms with Gasteiger partial charge in [-0.05, 0) is 0 Å². The van der Waals surface area contributed by atoms with E-state index in [4.69, 9.17) is 5.26 Å². The highest BCUT2D eigenvalue weighted by atomic mass is 16.5. The summed E-state index contributed by atoms with van der Waals surface area (Å²) < 4.78 is 4.51. The van der Waals surface area contributed by atoms with Crippen LogP contribution in [0.3, 0.4) is 0 Å². The molecule has 0 atom stereocenters. The van der Waals surface area contributed by atoms with Gasteiger partial charge in [0, 0.05) is 6.54 Å². The van der Waals surface area contributed by atoms with Crippen LogP contribution in [0, 0.1) is 11.3 Å². The molecule has 15 heavy (non-hydrogen) atoms. The Morgan fingerprint density at radius 1 is 1.67 bits per heavy atom. The first-order valence-electron chi connectivity index (χ1n) is 4.42. The van der Waals surface area contributed by atoms with E-state index in [1.165, 1.54) is 6.39 Å². The standard InChI is InChI=1S/C8H11N5O2/c9-2-1-3-11-8(14)5-10-4-7-12-6-15-13-7/h6,10H,1,3-5H2,(H,11,14). The Kier molecular flexibility index (Phi) is 4.83. The molecule has 0 saturated carbocycles. The summed E-state index contributed by atoms with van der Waals surface area (Å²) in [6, 6.07) is 1.93. The molecule has 0 aromatic carbocycles. The average Bonchev–Trinajstić information content (AvgIpc) is 2.71. The fraction of sp³-hybridized carbons (Fsp3) is 0.500. The number of rotatable bonds is 6. The molecule has 0 unspecified atom stereocenters. The van der Waals surface area contributed by atoms with Crippen LogP contribution in [0.4, 0.5) is 0 Å². The molecule has 0 aliphatic rings. The van der Waals surface area contributed by atoms with Crippen LogP contribution in [-0.2, 0) is 11.3 Å². The minimum Gasteiger partial charge on any atom is -0.354 e. The minimum atomic E-state index is -0.159. The Labute approximate surface area is 86.5 Å². The molecule has 0 saturated heterocycles. The maximum absolute atomic E-state index is 11.1. The summed E-state index contributed by atoms with van der Waals surface area (Å²) in [7, 11) is 0. The van der Waals surface area contributed by atoms with E-state index >= 15 is 0 Å². The summed E-state index contributed by atoms with van der Waals surface area (Å²) in [5, 5.41) is 17.2. The normalized spacial score (nSPS) is 9.53. The third-order valence-electron chi connectivity index (χ3n) is 1.53. The van der Waals surface area contributed by atoms with Crippen LogP contribution < -0.4 is 10.6 Å². The highest BCUT2D eigenvalue weighted by molar-refractivity contribution is 5.77. The molecule has 0 spiro atoms. The lowest BCUT2D eigenvalue weighted by molar-refractivity contribution is -0.120. The second-order valence-electron chi connectivity index (χ2n) is 2.71. The summed E-state index contributed by atoms with van der Waals surface area (Å²) in [6.45, 7) is 0.918. The van der Waals surface area contributed by atoms with Crippen molar-refractivity contribution >= 4 is 5.91 Å². The molecular formula is C8H11N5O2. The van der Waals surface area contributed by atoms with Gasteiger partial charge in [-0.15, -0.1) is 0 Å². The molecule has 0 aliphatic heterocycles. The van der Waals surface area contributed by atoms with Gasteiger partial charge in [-0.2, -0.15) is 10.2 Å². The molecule has 80 valence electrons. The first kappa shape index (κ1) is 11.1. The number of nitriles is 1. The zero-order chi connectivity index (χ0) is 10.9. The molecule has 1 rings (SSSR count). The van der Waals surface area contributed by atoms with Crippen molar-refractivity contribution in [2.45, 2.75) is 13.0 Å². The smallest absolute Gasteiger partial charge is 0.234 e. The summed E-state index contributed by atoms with van der Waals surface area (Å²) in [6.07, 6.45) is 1.54. The van der Waals surface area contributed by atoms with E-state index in [0.29, 0.717) is 25.3 Å². The van der Waals surface area contributed by atoms with Crippen molar-refractivity contribution in [1.82, 2.24) is 20.8 Å². The van der Waals surface area contributed by atoms with Gasteiger partial charge in [-0.1, -0.05) is 5.16 Å². The maximum Gasteiger partial charge on any atom is 0.234 e. The van der Waals surface area contributed by atoms with E-state index in [1.807, 2.05) is 6.07 Å². The van der Waals surface area contributed by atoms with Gasteiger partial charge in [0.2, 0.25) is 12.3 Å². The first-order valence-corrected chi connectivity index (χ1v) is 4.42. The van der Waals surface area contributed by atoms with Crippen LogP contribution in [0.25, 0.3) is 0 Å². The minimum absolute atomic E-state index is 0.159.